The average molecular weight is 502 g/mol. The third-order valence-electron chi connectivity index (χ3n) is 5.53. The van der Waals surface area contributed by atoms with E-state index >= 15 is 0 Å². The lowest BCUT2D eigenvalue weighted by Crippen LogP contribution is -2.34. The maximum Gasteiger partial charge on any atom is 0.335 e. The maximum absolute atomic E-state index is 13.2. The first-order valence-electron chi connectivity index (χ1n) is 12.0. The molecule has 0 atom stereocenters. The van der Waals surface area contributed by atoms with Gasteiger partial charge in [0.25, 0.3) is 5.91 Å². The van der Waals surface area contributed by atoms with Crippen molar-refractivity contribution in [2.45, 2.75) is 41.0 Å². The summed E-state index contributed by atoms with van der Waals surface area (Å²) in [6.45, 7) is 13.8. The standard InChI is InChI=1S/C27H27N3O4.C3H8/c1-16(2)24(26(32)30(5)21-13-12-17(3)18(4)14-21)29-28-23-11-7-10-22(25(23)31)19-8-6-9-20(15-19)27(33)34;1-3-2/h6-15,28,31H,1H2,2-5H3,(H,33,34);3H2,1-2H3/b29-24-;. The van der Waals surface area contributed by atoms with Gasteiger partial charge in [-0.1, -0.05) is 57.2 Å². The number of hydrogen-bond donors (Lipinski definition) is 3. The normalized spacial score (nSPS) is 10.7. The summed E-state index contributed by atoms with van der Waals surface area (Å²) in [4.78, 5) is 25.9. The summed E-state index contributed by atoms with van der Waals surface area (Å²) in [7, 11) is 1.67. The number of hydrazone groups is 1. The largest absolute Gasteiger partial charge is 0.505 e. The van der Waals surface area contributed by atoms with Crippen molar-refractivity contribution < 1.29 is 19.8 Å². The number of anilines is 2. The lowest BCUT2D eigenvalue weighted by atomic mass is 10.0. The van der Waals surface area contributed by atoms with Gasteiger partial charge in [-0.15, -0.1) is 0 Å². The molecular weight excluding hydrogens is 466 g/mol. The fraction of sp³-hybridized carbons (Fsp3) is 0.233. The minimum Gasteiger partial charge on any atom is -0.505 e. The minimum absolute atomic E-state index is 0.109. The van der Waals surface area contributed by atoms with Gasteiger partial charge in [0, 0.05) is 18.3 Å². The molecule has 3 rings (SSSR count). The second kappa shape index (κ2) is 13.1. The van der Waals surface area contributed by atoms with Crippen LogP contribution in [-0.4, -0.2) is 34.8 Å². The third kappa shape index (κ3) is 7.30. The summed E-state index contributed by atoms with van der Waals surface area (Å²) in [5.41, 5.74) is 7.59. The number of carboxylic acids is 1. The first-order chi connectivity index (χ1) is 17.5. The van der Waals surface area contributed by atoms with Crippen LogP contribution in [0.1, 0.15) is 48.7 Å². The second-order valence-corrected chi connectivity index (χ2v) is 8.78. The van der Waals surface area contributed by atoms with Crippen molar-refractivity contribution in [2.24, 2.45) is 5.10 Å². The Morgan fingerprint density at radius 2 is 1.65 bits per heavy atom. The van der Waals surface area contributed by atoms with Crippen LogP contribution in [0.3, 0.4) is 0 Å². The van der Waals surface area contributed by atoms with Crippen LogP contribution in [0.25, 0.3) is 11.1 Å². The smallest absolute Gasteiger partial charge is 0.335 e. The lowest BCUT2D eigenvalue weighted by Gasteiger charge is -2.20. The number of carboxylic acid groups (broad SMARTS) is 1. The number of nitrogens with zero attached hydrogens (tertiary/aromatic N) is 2. The number of rotatable bonds is 7. The minimum atomic E-state index is -1.06. The molecule has 0 unspecified atom stereocenters. The zero-order valence-electron chi connectivity index (χ0n) is 22.3. The summed E-state index contributed by atoms with van der Waals surface area (Å²) in [6, 6.07) is 17.0. The molecule has 0 aromatic heterocycles. The van der Waals surface area contributed by atoms with Crippen molar-refractivity contribution in [3.8, 4) is 16.9 Å². The molecule has 0 saturated carbocycles. The molecule has 194 valence electrons. The number of carbonyl (C=O) groups is 2. The van der Waals surface area contributed by atoms with Crippen LogP contribution >= 0.6 is 0 Å². The number of nitrogens with one attached hydrogen (secondary N) is 1. The number of aromatic hydroxyl groups is 1. The van der Waals surface area contributed by atoms with E-state index in [0.29, 0.717) is 16.7 Å². The quantitative estimate of drug-likeness (QED) is 0.188. The zero-order valence-corrected chi connectivity index (χ0v) is 22.3. The number of hydrogen-bond acceptors (Lipinski definition) is 5. The first kappa shape index (κ1) is 28.8. The molecule has 3 aromatic carbocycles. The number of para-hydroxylation sites is 1. The van der Waals surface area contributed by atoms with E-state index < -0.39 is 5.97 Å². The Balaban J connectivity index is 0.00000153. The van der Waals surface area contributed by atoms with Crippen LogP contribution in [-0.2, 0) is 4.79 Å². The van der Waals surface area contributed by atoms with Crippen LogP contribution in [0.15, 0.2) is 77.9 Å². The molecule has 0 saturated heterocycles. The van der Waals surface area contributed by atoms with Gasteiger partial charge in [0.2, 0.25) is 0 Å². The van der Waals surface area contributed by atoms with Crippen LogP contribution in [0.4, 0.5) is 11.4 Å². The number of benzene rings is 3. The van der Waals surface area contributed by atoms with Crippen molar-refractivity contribution in [2.75, 3.05) is 17.4 Å². The summed E-state index contributed by atoms with van der Waals surface area (Å²) in [5.74, 6) is -1.53. The third-order valence-corrected chi connectivity index (χ3v) is 5.53. The van der Waals surface area contributed by atoms with E-state index in [-0.39, 0.29) is 28.6 Å². The van der Waals surface area contributed by atoms with E-state index in [1.807, 2.05) is 32.0 Å². The molecule has 0 radical (unpaired) electrons. The van der Waals surface area contributed by atoms with Crippen molar-refractivity contribution in [3.05, 3.63) is 89.5 Å². The highest BCUT2D eigenvalue weighted by Crippen LogP contribution is 2.35. The SMILES string of the molecule is C=C(C)/C(=N/Nc1cccc(-c2cccc(C(=O)O)c2)c1O)C(=O)N(C)c1ccc(C)c(C)c1.CCC. The van der Waals surface area contributed by atoms with Gasteiger partial charge in [-0.25, -0.2) is 4.79 Å². The molecule has 0 aliphatic rings. The number of carbonyl (C=O) groups excluding carboxylic acids is 1. The predicted octanol–water partition coefficient (Wildman–Crippen LogP) is 6.80. The molecular formula is C30H35N3O4. The molecule has 37 heavy (non-hydrogen) atoms. The van der Waals surface area contributed by atoms with Crippen LogP contribution < -0.4 is 10.3 Å². The molecule has 7 heteroatoms. The van der Waals surface area contributed by atoms with E-state index in [1.165, 1.54) is 23.5 Å². The Morgan fingerprint density at radius 3 is 2.24 bits per heavy atom. The van der Waals surface area contributed by atoms with Gasteiger partial charge in [0.05, 0.1) is 11.3 Å². The van der Waals surface area contributed by atoms with Crippen LogP contribution in [0.5, 0.6) is 5.75 Å². The van der Waals surface area contributed by atoms with Gasteiger partial charge in [-0.2, -0.15) is 5.10 Å². The topological polar surface area (TPSA) is 102 Å². The molecule has 0 aliphatic heterocycles. The van der Waals surface area contributed by atoms with Crippen LogP contribution in [0.2, 0.25) is 0 Å². The summed E-state index contributed by atoms with van der Waals surface area (Å²) >= 11 is 0. The maximum atomic E-state index is 13.2. The molecule has 0 spiro atoms. The van der Waals surface area contributed by atoms with Gasteiger partial charge >= 0.3 is 5.97 Å². The molecule has 7 nitrogen and oxygen atoms in total. The summed E-state index contributed by atoms with van der Waals surface area (Å²) < 4.78 is 0. The van der Waals surface area contributed by atoms with Crippen molar-refractivity contribution in [1.29, 1.82) is 0 Å². The number of amides is 1. The Labute approximate surface area is 218 Å². The van der Waals surface area contributed by atoms with Gasteiger partial charge < -0.3 is 15.1 Å². The Bertz CT molecular complexity index is 1330. The molecule has 3 aromatic rings. The number of phenolic OH excluding ortho intramolecular Hbond substituents is 1. The second-order valence-electron chi connectivity index (χ2n) is 8.78. The van der Waals surface area contributed by atoms with Crippen molar-refractivity contribution in [3.63, 3.8) is 0 Å². The number of phenols is 1. The fourth-order valence-corrected chi connectivity index (χ4v) is 3.34. The Kier molecular flexibility index (Phi) is 10.2. The van der Waals surface area contributed by atoms with Crippen LogP contribution in [0, 0.1) is 13.8 Å². The zero-order chi connectivity index (χ0) is 27.7. The van der Waals surface area contributed by atoms with E-state index in [1.54, 1.807) is 44.3 Å². The van der Waals surface area contributed by atoms with E-state index in [4.69, 9.17) is 0 Å². The number of aryl methyl sites for hydroxylation is 2. The first-order valence-corrected chi connectivity index (χ1v) is 12.0. The van der Waals surface area contributed by atoms with Crippen molar-refractivity contribution in [1.82, 2.24) is 0 Å². The summed E-state index contributed by atoms with van der Waals surface area (Å²) in [6.07, 6.45) is 1.25. The van der Waals surface area contributed by atoms with Gasteiger partial charge in [-0.05, 0) is 73.4 Å². The molecule has 0 bridgehead atoms. The highest BCUT2D eigenvalue weighted by molar-refractivity contribution is 6.49. The predicted molar refractivity (Wildman–Crippen MR) is 152 cm³/mol. The highest BCUT2D eigenvalue weighted by Gasteiger charge is 2.20. The number of aromatic carboxylic acids is 1. The van der Waals surface area contributed by atoms with Gasteiger partial charge in [-0.3, -0.25) is 10.2 Å². The molecule has 1 amide bonds. The lowest BCUT2D eigenvalue weighted by molar-refractivity contribution is -0.112. The van der Waals surface area contributed by atoms with Gasteiger partial charge in [0.1, 0.15) is 5.75 Å². The van der Waals surface area contributed by atoms with E-state index in [9.17, 15) is 19.8 Å². The molecule has 3 N–H and O–H groups in total. The molecule has 0 fully saturated rings. The highest BCUT2D eigenvalue weighted by atomic mass is 16.4. The monoisotopic (exact) mass is 501 g/mol. The summed E-state index contributed by atoms with van der Waals surface area (Å²) in [5, 5.41) is 24.3. The average Bonchev–Trinajstić information content (AvgIpc) is 2.86. The van der Waals surface area contributed by atoms with E-state index in [2.05, 4.69) is 31.0 Å². The molecule has 0 aliphatic carbocycles. The van der Waals surface area contributed by atoms with Gasteiger partial charge in [0.15, 0.2) is 5.71 Å². The Hall–Kier alpha value is -4.39. The van der Waals surface area contributed by atoms with Crippen molar-refractivity contribution >= 4 is 29.0 Å². The Morgan fingerprint density at radius 1 is 1.00 bits per heavy atom. The fourth-order valence-electron chi connectivity index (χ4n) is 3.34. The molecule has 0 heterocycles. The van der Waals surface area contributed by atoms with E-state index in [0.717, 1.165) is 16.8 Å².